The number of thioether (sulfide) groups is 1. The fraction of sp³-hybridized carbons (Fsp3) is 0.154. The molecular weight excluding hydrogens is 513 g/mol. The van der Waals surface area contributed by atoms with E-state index >= 15 is 0 Å². The summed E-state index contributed by atoms with van der Waals surface area (Å²) >= 11 is 4.26. The number of hydrogen-bond acceptors (Lipinski definition) is 8. The fourth-order valence-electron chi connectivity index (χ4n) is 3.82. The first-order valence-electron chi connectivity index (χ1n) is 11.0. The molecule has 0 saturated heterocycles. The highest BCUT2D eigenvalue weighted by molar-refractivity contribution is 7.99. The molecule has 0 fully saturated rings. The van der Waals surface area contributed by atoms with Crippen molar-refractivity contribution in [2.75, 3.05) is 18.2 Å². The molecule has 182 valence electrons. The monoisotopic (exact) mass is 534 g/mol. The maximum Gasteiger partial charge on any atom is 0.341 e. The first kappa shape index (κ1) is 24.2. The van der Waals surface area contributed by atoms with Gasteiger partial charge in [0.15, 0.2) is 11.0 Å². The van der Waals surface area contributed by atoms with Crippen LogP contribution in [0, 0.1) is 6.92 Å². The zero-order chi connectivity index (χ0) is 25.2. The number of hydrogen-bond donors (Lipinski definition) is 1. The number of fused-ring (bicyclic) bond motifs is 1. The largest absolute Gasteiger partial charge is 0.465 e. The van der Waals surface area contributed by atoms with E-state index in [0.29, 0.717) is 15.7 Å². The summed E-state index contributed by atoms with van der Waals surface area (Å²) in [7, 11) is 3.23. The van der Waals surface area contributed by atoms with Gasteiger partial charge < -0.3 is 14.6 Å². The Bertz CT molecular complexity index is 1570. The van der Waals surface area contributed by atoms with E-state index in [1.54, 1.807) is 11.3 Å². The number of nitrogens with zero attached hydrogens (tertiary/aromatic N) is 3. The van der Waals surface area contributed by atoms with E-state index in [-0.39, 0.29) is 11.7 Å². The molecule has 2 aromatic carbocycles. The van der Waals surface area contributed by atoms with Gasteiger partial charge in [0, 0.05) is 39.0 Å². The van der Waals surface area contributed by atoms with E-state index in [4.69, 9.17) is 4.74 Å². The normalized spacial score (nSPS) is 11.1. The molecule has 5 aromatic rings. The molecule has 3 heterocycles. The Morgan fingerprint density at radius 3 is 2.56 bits per heavy atom. The average molecular weight is 535 g/mol. The lowest BCUT2D eigenvalue weighted by molar-refractivity contribution is -0.113. The summed E-state index contributed by atoms with van der Waals surface area (Å²) < 4.78 is 8.09. The van der Waals surface area contributed by atoms with Gasteiger partial charge in [0.25, 0.3) is 0 Å². The Labute approximate surface area is 220 Å². The van der Waals surface area contributed by atoms with Crippen molar-refractivity contribution in [2.45, 2.75) is 12.1 Å². The van der Waals surface area contributed by atoms with Gasteiger partial charge in [0.05, 0.1) is 12.9 Å². The summed E-state index contributed by atoms with van der Waals surface area (Å²) in [6.45, 7) is 2.00. The summed E-state index contributed by atoms with van der Waals surface area (Å²) in [6, 6.07) is 16.0. The summed E-state index contributed by atoms with van der Waals surface area (Å²) in [5.41, 5.74) is 4.12. The van der Waals surface area contributed by atoms with Crippen molar-refractivity contribution in [2.24, 2.45) is 7.05 Å². The molecule has 0 saturated carbocycles. The first-order valence-corrected chi connectivity index (χ1v) is 13.8. The van der Waals surface area contributed by atoms with Crippen LogP contribution in [0.15, 0.2) is 64.4 Å². The SMILES string of the molecule is COC(=O)c1c(-c2ccc(C)cc2)csc1NC(=O)CSc1nnc(-c2csc3ccccc23)n1C. The zero-order valence-electron chi connectivity index (χ0n) is 19.8. The Morgan fingerprint density at radius 2 is 1.78 bits per heavy atom. The van der Waals surface area contributed by atoms with Gasteiger partial charge in [-0.15, -0.1) is 32.9 Å². The minimum absolute atomic E-state index is 0.120. The summed E-state index contributed by atoms with van der Waals surface area (Å²) in [5.74, 6) is 0.141. The maximum atomic E-state index is 12.8. The van der Waals surface area contributed by atoms with E-state index in [9.17, 15) is 9.59 Å². The average Bonchev–Trinajstić information content (AvgIpc) is 3.59. The number of benzene rings is 2. The maximum absolute atomic E-state index is 12.8. The molecule has 0 radical (unpaired) electrons. The van der Waals surface area contributed by atoms with Gasteiger partial charge in [-0.25, -0.2) is 4.79 Å². The third-order valence-electron chi connectivity index (χ3n) is 5.69. The molecule has 3 aromatic heterocycles. The van der Waals surface area contributed by atoms with Gasteiger partial charge in [-0.1, -0.05) is 59.8 Å². The van der Waals surface area contributed by atoms with Crippen molar-refractivity contribution in [1.82, 2.24) is 14.8 Å². The number of ether oxygens (including phenoxy) is 1. The second-order valence-corrected chi connectivity index (χ2v) is 10.8. The van der Waals surface area contributed by atoms with Crippen LogP contribution in [0.1, 0.15) is 15.9 Å². The molecule has 1 amide bonds. The number of carbonyl (C=O) groups is 2. The van der Waals surface area contributed by atoms with Crippen LogP contribution in [0.2, 0.25) is 0 Å². The molecule has 0 aliphatic heterocycles. The van der Waals surface area contributed by atoms with Crippen molar-refractivity contribution in [3.05, 3.63) is 70.4 Å². The second kappa shape index (κ2) is 10.3. The molecule has 5 rings (SSSR count). The number of aryl methyl sites for hydroxylation is 1. The predicted octanol–water partition coefficient (Wildman–Crippen LogP) is 6.25. The molecule has 0 spiro atoms. The predicted molar refractivity (Wildman–Crippen MR) is 147 cm³/mol. The van der Waals surface area contributed by atoms with E-state index < -0.39 is 5.97 Å². The van der Waals surface area contributed by atoms with Crippen LogP contribution < -0.4 is 5.32 Å². The topological polar surface area (TPSA) is 86.1 Å². The number of carbonyl (C=O) groups excluding carboxylic acids is 2. The van der Waals surface area contributed by atoms with Gasteiger partial charge in [-0.2, -0.15) is 0 Å². The van der Waals surface area contributed by atoms with Crippen LogP contribution in [0.5, 0.6) is 0 Å². The Balaban J connectivity index is 1.32. The molecule has 0 unspecified atom stereocenters. The van der Waals surface area contributed by atoms with E-state index in [2.05, 4.69) is 33.0 Å². The lowest BCUT2D eigenvalue weighted by Crippen LogP contribution is -2.16. The number of amides is 1. The van der Waals surface area contributed by atoms with Crippen molar-refractivity contribution in [3.63, 3.8) is 0 Å². The number of nitrogens with one attached hydrogen (secondary N) is 1. The number of thiophene rings is 2. The van der Waals surface area contributed by atoms with Crippen molar-refractivity contribution in [1.29, 1.82) is 0 Å². The van der Waals surface area contributed by atoms with Crippen molar-refractivity contribution >= 4 is 61.4 Å². The molecule has 10 heteroatoms. The summed E-state index contributed by atoms with van der Waals surface area (Å²) in [5, 5.41) is 17.7. The molecule has 0 aliphatic carbocycles. The van der Waals surface area contributed by atoms with E-state index in [1.807, 2.05) is 60.3 Å². The molecular formula is C26H22N4O3S3. The van der Waals surface area contributed by atoms with Crippen LogP contribution in [0.3, 0.4) is 0 Å². The molecule has 0 atom stereocenters. The first-order chi connectivity index (χ1) is 17.5. The highest BCUT2D eigenvalue weighted by Gasteiger charge is 2.23. The zero-order valence-corrected chi connectivity index (χ0v) is 22.2. The fourth-order valence-corrected chi connectivity index (χ4v) is 6.44. The van der Waals surface area contributed by atoms with Crippen molar-refractivity contribution in [3.8, 4) is 22.5 Å². The van der Waals surface area contributed by atoms with E-state index in [1.165, 1.54) is 34.9 Å². The highest BCUT2D eigenvalue weighted by atomic mass is 32.2. The summed E-state index contributed by atoms with van der Waals surface area (Å²) in [4.78, 5) is 25.4. The van der Waals surface area contributed by atoms with Crippen molar-refractivity contribution < 1.29 is 14.3 Å². The van der Waals surface area contributed by atoms with Crippen LogP contribution in [0.25, 0.3) is 32.6 Å². The van der Waals surface area contributed by atoms with Gasteiger partial charge in [-0.05, 0) is 18.6 Å². The van der Waals surface area contributed by atoms with Crippen LogP contribution in [-0.4, -0.2) is 39.5 Å². The smallest absolute Gasteiger partial charge is 0.341 e. The molecule has 7 nitrogen and oxygen atoms in total. The van der Waals surface area contributed by atoms with Gasteiger partial charge in [0.2, 0.25) is 5.91 Å². The minimum atomic E-state index is -0.490. The molecule has 36 heavy (non-hydrogen) atoms. The third kappa shape index (κ3) is 4.67. The Morgan fingerprint density at radius 1 is 1.03 bits per heavy atom. The molecule has 1 N–H and O–H groups in total. The van der Waals surface area contributed by atoms with Gasteiger partial charge in [-0.3, -0.25) is 4.79 Å². The molecule has 0 aliphatic rings. The standard InChI is InChI=1S/C26H22N4O3S3/c1-15-8-10-16(11-9-15)18-12-35-24(22(18)25(32)33-3)27-21(31)14-36-26-29-28-23(30(26)2)19-13-34-20-7-5-4-6-17(19)20/h4-13H,14H2,1-3H3,(H,27,31). The van der Waals surface area contributed by atoms with Gasteiger partial charge in [0.1, 0.15) is 10.6 Å². The Hall–Kier alpha value is -3.47. The number of rotatable bonds is 7. The summed E-state index contributed by atoms with van der Waals surface area (Å²) in [6.07, 6.45) is 0. The van der Waals surface area contributed by atoms with Gasteiger partial charge >= 0.3 is 5.97 Å². The Kier molecular flexibility index (Phi) is 6.90. The van der Waals surface area contributed by atoms with E-state index in [0.717, 1.165) is 33.5 Å². The number of aromatic nitrogens is 3. The highest BCUT2D eigenvalue weighted by Crippen LogP contribution is 2.37. The van der Waals surface area contributed by atoms with Crippen LogP contribution >= 0.6 is 34.4 Å². The third-order valence-corrected chi connectivity index (χ3v) is 8.56. The second-order valence-electron chi connectivity index (χ2n) is 8.06. The van der Waals surface area contributed by atoms with Crippen LogP contribution in [-0.2, 0) is 16.6 Å². The number of methoxy groups -OCH3 is 1. The van der Waals surface area contributed by atoms with Crippen LogP contribution in [0.4, 0.5) is 5.00 Å². The minimum Gasteiger partial charge on any atom is -0.465 e. The quantitative estimate of drug-likeness (QED) is 0.196. The lowest BCUT2D eigenvalue weighted by atomic mass is 10.0. The lowest BCUT2D eigenvalue weighted by Gasteiger charge is -2.08. The number of esters is 1. The number of anilines is 1. The molecule has 0 bridgehead atoms.